The van der Waals surface area contributed by atoms with Gasteiger partial charge in [-0.05, 0) is 47.0 Å². The number of sulfonamides is 1. The number of nitrogens with one attached hydrogen (secondary N) is 1. The Morgan fingerprint density at radius 1 is 1.04 bits per heavy atom. The van der Waals surface area contributed by atoms with E-state index >= 15 is 0 Å². The summed E-state index contributed by atoms with van der Waals surface area (Å²) in [7, 11) is -2.50. The molecular weight excluding hydrogens is 366 g/mol. The van der Waals surface area contributed by atoms with Crippen LogP contribution in [0.5, 0.6) is 5.75 Å². The van der Waals surface area contributed by atoms with Crippen LogP contribution in [0.4, 0.5) is 0 Å². The summed E-state index contributed by atoms with van der Waals surface area (Å²) in [6.07, 6.45) is 0.0373. The van der Waals surface area contributed by atoms with Crippen LogP contribution in [0.15, 0.2) is 71.6 Å². The number of hydrogen-bond acceptors (Lipinski definition) is 4. The number of carboxylic acid groups (broad SMARTS) is 1. The number of benzene rings is 3. The van der Waals surface area contributed by atoms with Crippen LogP contribution in [0.1, 0.15) is 5.56 Å². The molecule has 0 aliphatic carbocycles. The molecule has 0 bridgehead atoms. The van der Waals surface area contributed by atoms with Crippen molar-refractivity contribution in [3.05, 3.63) is 72.3 Å². The third-order valence-electron chi connectivity index (χ3n) is 4.22. The fraction of sp³-hybridized carbons (Fsp3) is 0.150. The Morgan fingerprint density at radius 2 is 1.70 bits per heavy atom. The lowest BCUT2D eigenvalue weighted by Gasteiger charge is -2.15. The minimum absolute atomic E-state index is 0.0203. The molecule has 0 spiro atoms. The molecular formula is C20H19NO5S. The smallest absolute Gasteiger partial charge is 0.322 e. The van der Waals surface area contributed by atoms with Crippen molar-refractivity contribution in [3.63, 3.8) is 0 Å². The number of methoxy groups -OCH3 is 1. The van der Waals surface area contributed by atoms with Gasteiger partial charge in [0.1, 0.15) is 11.8 Å². The Balaban J connectivity index is 1.82. The minimum atomic E-state index is -3.98. The molecule has 3 aromatic carbocycles. The van der Waals surface area contributed by atoms with Gasteiger partial charge in [0.15, 0.2) is 0 Å². The molecule has 0 aliphatic heterocycles. The van der Waals surface area contributed by atoms with Crippen LogP contribution in [0, 0.1) is 0 Å². The lowest BCUT2D eigenvalue weighted by atomic mass is 10.0. The Morgan fingerprint density at radius 3 is 2.33 bits per heavy atom. The van der Waals surface area contributed by atoms with E-state index < -0.39 is 22.0 Å². The van der Waals surface area contributed by atoms with Gasteiger partial charge in [-0.3, -0.25) is 4.79 Å². The van der Waals surface area contributed by atoms with Gasteiger partial charge in [-0.1, -0.05) is 42.5 Å². The second-order valence-corrected chi connectivity index (χ2v) is 7.79. The number of aliphatic carboxylic acids is 1. The van der Waals surface area contributed by atoms with Crippen molar-refractivity contribution in [1.29, 1.82) is 0 Å². The molecule has 2 N–H and O–H groups in total. The number of ether oxygens (including phenoxy) is 1. The molecule has 0 saturated heterocycles. The van der Waals surface area contributed by atoms with E-state index in [1.54, 1.807) is 6.07 Å². The average Bonchev–Trinajstić information content (AvgIpc) is 2.67. The molecule has 7 heteroatoms. The normalized spacial score (nSPS) is 12.6. The van der Waals surface area contributed by atoms with Crippen LogP contribution in [0.2, 0.25) is 0 Å². The summed E-state index contributed by atoms with van der Waals surface area (Å²) in [4.78, 5) is 11.6. The van der Waals surface area contributed by atoms with Crippen LogP contribution < -0.4 is 9.46 Å². The summed E-state index contributed by atoms with van der Waals surface area (Å²) in [5.41, 5.74) is 0.735. The molecule has 27 heavy (non-hydrogen) atoms. The third-order valence-corrected chi connectivity index (χ3v) is 5.71. The van der Waals surface area contributed by atoms with Crippen LogP contribution in [0.3, 0.4) is 0 Å². The molecule has 0 radical (unpaired) electrons. The van der Waals surface area contributed by atoms with E-state index in [9.17, 15) is 18.3 Å². The minimum Gasteiger partial charge on any atom is -0.497 e. The van der Waals surface area contributed by atoms with Crippen LogP contribution in [-0.2, 0) is 21.2 Å². The summed E-state index contributed by atoms with van der Waals surface area (Å²) in [6, 6.07) is 17.7. The lowest BCUT2D eigenvalue weighted by Crippen LogP contribution is -2.42. The van der Waals surface area contributed by atoms with Crippen molar-refractivity contribution < 1.29 is 23.1 Å². The van der Waals surface area contributed by atoms with E-state index in [2.05, 4.69) is 4.72 Å². The summed E-state index contributed by atoms with van der Waals surface area (Å²) in [6.45, 7) is 0. The van der Waals surface area contributed by atoms with Crippen LogP contribution >= 0.6 is 0 Å². The van der Waals surface area contributed by atoms with Crippen LogP contribution in [0.25, 0.3) is 10.8 Å². The largest absolute Gasteiger partial charge is 0.497 e. The summed E-state index contributed by atoms with van der Waals surface area (Å²) in [5.74, 6) is -0.722. The number of carboxylic acids is 1. The molecule has 0 heterocycles. The molecule has 0 aliphatic rings. The predicted molar refractivity (Wildman–Crippen MR) is 102 cm³/mol. The third kappa shape index (κ3) is 4.45. The second kappa shape index (κ2) is 7.77. The fourth-order valence-electron chi connectivity index (χ4n) is 2.79. The van der Waals surface area contributed by atoms with Gasteiger partial charge in [-0.2, -0.15) is 4.72 Å². The first kappa shape index (κ1) is 18.9. The molecule has 140 valence electrons. The van der Waals surface area contributed by atoms with Crippen molar-refractivity contribution in [1.82, 2.24) is 4.72 Å². The second-order valence-electron chi connectivity index (χ2n) is 6.07. The molecule has 0 amide bonds. The quantitative estimate of drug-likeness (QED) is 0.652. The van der Waals surface area contributed by atoms with E-state index in [1.165, 1.54) is 31.4 Å². The van der Waals surface area contributed by atoms with Gasteiger partial charge < -0.3 is 9.84 Å². The standard InChI is InChI=1S/C20H19NO5S/c1-26-17-8-10-18(11-9-17)27(24,25)21-19(20(22)23)13-14-6-7-15-4-2-3-5-16(15)12-14/h2-12,19,21H,13H2,1H3,(H,22,23). The first-order valence-electron chi connectivity index (χ1n) is 8.26. The van der Waals surface area contributed by atoms with Gasteiger partial charge in [-0.25, -0.2) is 8.42 Å². The molecule has 3 aromatic rings. The molecule has 0 aromatic heterocycles. The first-order valence-corrected chi connectivity index (χ1v) is 9.74. The van der Waals surface area contributed by atoms with Gasteiger partial charge in [0.2, 0.25) is 10.0 Å². The Bertz CT molecular complexity index is 1060. The Labute approximate surface area is 157 Å². The maximum absolute atomic E-state index is 12.5. The molecule has 0 saturated carbocycles. The molecule has 1 unspecified atom stereocenters. The highest BCUT2D eigenvalue weighted by atomic mass is 32.2. The van der Waals surface area contributed by atoms with E-state index in [0.717, 1.165) is 16.3 Å². The van der Waals surface area contributed by atoms with E-state index in [0.29, 0.717) is 5.75 Å². The van der Waals surface area contributed by atoms with Gasteiger partial charge in [0, 0.05) is 0 Å². The zero-order chi connectivity index (χ0) is 19.4. The van der Waals surface area contributed by atoms with Gasteiger partial charge in [-0.15, -0.1) is 0 Å². The molecule has 3 rings (SSSR count). The number of carbonyl (C=O) groups is 1. The monoisotopic (exact) mass is 385 g/mol. The predicted octanol–water partition coefficient (Wildman–Crippen LogP) is 2.82. The highest BCUT2D eigenvalue weighted by Gasteiger charge is 2.25. The SMILES string of the molecule is COc1ccc(S(=O)(=O)NC(Cc2ccc3ccccc3c2)C(=O)O)cc1. The molecule has 1 atom stereocenters. The van der Waals surface area contributed by atoms with Gasteiger partial charge >= 0.3 is 5.97 Å². The molecule has 0 fully saturated rings. The Hall–Kier alpha value is -2.90. The van der Waals surface area contributed by atoms with Crippen molar-refractivity contribution in [2.24, 2.45) is 0 Å². The van der Waals surface area contributed by atoms with Crippen molar-refractivity contribution in [2.45, 2.75) is 17.4 Å². The number of rotatable bonds is 7. The van der Waals surface area contributed by atoms with Gasteiger partial charge in [0.05, 0.1) is 12.0 Å². The van der Waals surface area contributed by atoms with Crippen molar-refractivity contribution in [3.8, 4) is 5.75 Å². The fourth-order valence-corrected chi connectivity index (χ4v) is 3.98. The van der Waals surface area contributed by atoms with E-state index in [1.807, 2.05) is 36.4 Å². The maximum Gasteiger partial charge on any atom is 0.322 e. The summed E-state index contributed by atoms with van der Waals surface area (Å²) < 4.78 is 32.3. The highest BCUT2D eigenvalue weighted by molar-refractivity contribution is 7.89. The van der Waals surface area contributed by atoms with Crippen molar-refractivity contribution in [2.75, 3.05) is 7.11 Å². The number of fused-ring (bicyclic) bond motifs is 1. The maximum atomic E-state index is 12.5. The van der Waals surface area contributed by atoms with Crippen LogP contribution in [-0.4, -0.2) is 32.6 Å². The summed E-state index contributed by atoms with van der Waals surface area (Å²) in [5, 5.41) is 11.5. The van der Waals surface area contributed by atoms with E-state index in [4.69, 9.17) is 4.74 Å². The first-order chi connectivity index (χ1) is 12.9. The molecule has 6 nitrogen and oxygen atoms in total. The van der Waals surface area contributed by atoms with Gasteiger partial charge in [0.25, 0.3) is 0 Å². The zero-order valence-corrected chi connectivity index (χ0v) is 15.4. The average molecular weight is 385 g/mol. The topological polar surface area (TPSA) is 92.7 Å². The Kier molecular flexibility index (Phi) is 5.43. The summed E-state index contributed by atoms with van der Waals surface area (Å²) >= 11 is 0. The highest BCUT2D eigenvalue weighted by Crippen LogP contribution is 2.19. The van der Waals surface area contributed by atoms with Crippen molar-refractivity contribution >= 4 is 26.8 Å². The lowest BCUT2D eigenvalue weighted by molar-refractivity contribution is -0.138. The van der Waals surface area contributed by atoms with E-state index in [-0.39, 0.29) is 11.3 Å². The number of hydrogen-bond donors (Lipinski definition) is 2. The zero-order valence-electron chi connectivity index (χ0n) is 14.6.